The molecule has 4 heteroatoms. The standard InChI is InChI=1S/C8H18N2OS/c1-5(2)7(8(11)10-9)12-6(3)4/h5-7H,9H2,1-4H3,(H,10,11). The van der Waals surface area contributed by atoms with Crippen LogP contribution >= 0.6 is 11.8 Å². The van der Waals surface area contributed by atoms with Crippen molar-refractivity contribution in [3.63, 3.8) is 0 Å². The Labute approximate surface area is 78.4 Å². The summed E-state index contributed by atoms with van der Waals surface area (Å²) in [6.07, 6.45) is 0. The maximum absolute atomic E-state index is 11.2. The van der Waals surface area contributed by atoms with Gasteiger partial charge in [0.2, 0.25) is 5.91 Å². The van der Waals surface area contributed by atoms with Gasteiger partial charge >= 0.3 is 0 Å². The van der Waals surface area contributed by atoms with E-state index in [-0.39, 0.29) is 11.2 Å². The molecule has 1 amide bonds. The van der Waals surface area contributed by atoms with Crippen molar-refractivity contribution < 1.29 is 4.79 Å². The number of rotatable bonds is 4. The second-order valence-electron chi connectivity index (χ2n) is 3.36. The van der Waals surface area contributed by atoms with Crippen LogP contribution in [0.15, 0.2) is 0 Å². The Kier molecular flexibility index (Phi) is 5.33. The smallest absolute Gasteiger partial charge is 0.247 e. The Hall–Kier alpha value is -0.220. The summed E-state index contributed by atoms with van der Waals surface area (Å²) in [6, 6.07) is 0. The van der Waals surface area contributed by atoms with Gasteiger partial charge in [0.1, 0.15) is 0 Å². The third-order valence-corrected chi connectivity index (χ3v) is 3.02. The first-order chi connectivity index (χ1) is 5.49. The zero-order valence-corrected chi connectivity index (χ0v) is 8.94. The molecule has 0 bridgehead atoms. The van der Waals surface area contributed by atoms with E-state index in [0.29, 0.717) is 11.2 Å². The van der Waals surface area contributed by atoms with Crippen LogP contribution in [0, 0.1) is 5.92 Å². The second kappa shape index (κ2) is 5.43. The topological polar surface area (TPSA) is 55.1 Å². The van der Waals surface area contributed by atoms with Crippen molar-refractivity contribution >= 4 is 17.7 Å². The van der Waals surface area contributed by atoms with Gasteiger partial charge in [0, 0.05) is 0 Å². The molecule has 0 aromatic carbocycles. The molecule has 0 saturated carbocycles. The Morgan fingerprint density at radius 1 is 1.33 bits per heavy atom. The summed E-state index contributed by atoms with van der Waals surface area (Å²) < 4.78 is 0. The van der Waals surface area contributed by atoms with Crippen molar-refractivity contribution in [2.75, 3.05) is 0 Å². The lowest BCUT2D eigenvalue weighted by atomic mass is 10.1. The molecular formula is C8H18N2OS. The van der Waals surface area contributed by atoms with E-state index in [1.165, 1.54) is 0 Å². The van der Waals surface area contributed by atoms with Gasteiger partial charge in [-0.2, -0.15) is 0 Å². The van der Waals surface area contributed by atoms with Gasteiger partial charge in [-0.05, 0) is 11.2 Å². The maximum Gasteiger partial charge on any atom is 0.247 e. The third kappa shape index (κ3) is 3.97. The number of carbonyl (C=O) groups is 1. The molecule has 3 N–H and O–H groups in total. The summed E-state index contributed by atoms with van der Waals surface area (Å²) in [4.78, 5) is 11.2. The predicted molar refractivity (Wildman–Crippen MR) is 53.7 cm³/mol. The van der Waals surface area contributed by atoms with Crippen LogP contribution < -0.4 is 11.3 Å². The van der Waals surface area contributed by atoms with Gasteiger partial charge in [0.25, 0.3) is 0 Å². The summed E-state index contributed by atoms with van der Waals surface area (Å²) >= 11 is 1.65. The molecule has 0 radical (unpaired) electrons. The number of hydrazine groups is 1. The second-order valence-corrected chi connectivity index (χ2v) is 5.08. The molecule has 0 saturated heterocycles. The van der Waals surface area contributed by atoms with Crippen LogP contribution in [0.2, 0.25) is 0 Å². The molecule has 3 nitrogen and oxygen atoms in total. The Bertz CT molecular complexity index is 148. The molecule has 72 valence electrons. The highest BCUT2D eigenvalue weighted by Crippen LogP contribution is 2.23. The van der Waals surface area contributed by atoms with Crippen molar-refractivity contribution in [2.45, 2.75) is 38.2 Å². The first-order valence-corrected chi connectivity index (χ1v) is 5.09. The quantitative estimate of drug-likeness (QED) is 0.397. The lowest BCUT2D eigenvalue weighted by Crippen LogP contribution is -2.40. The van der Waals surface area contributed by atoms with Crippen molar-refractivity contribution in [3.05, 3.63) is 0 Å². The van der Waals surface area contributed by atoms with Crippen LogP contribution in [-0.4, -0.2) is 16.4 Å². The van der Waals surface area contributed by atoms with E-state index >= 15 is 0 Å². The first-order valence-electron chi connectivity index (χ1n) is 4.15. The molecule has 0 rings (SSSR count). The normalized spacial score (nSPS) is 13.6. The number of hydrogen-bond donors (Lipinski definition) is 2. The summed E-state index contributed by atoms with van der Waals surface area (Å²) in [5, 5.41) is 0.421. The number of nitrogens with two attached hydrogens (primary N) is 1. The highest BCUT2D eigenvalue weighted by Gasteiger charge is 2.22. The van der Waals surface area contributed by atoms with Gasteiger partial charge in [-0.15, -0.1) is 11.8 Å². The van der Waals surface area contributed by atoms with E-state index in [4.69, 9.17) is 5.84 Å². The van der Waals surface area contributed by atoms with E-state index in [9.17, 15) is 4.79 Å². The monoisotopic (exact) mass is 190 g/mol. The molecule has 0 aromatic rings. The van der Waals surface area contributed by atoms with Crippen LogP contribution in [0.5, 0.6) is 0 Å². The number of hydrogen-bond acceptors (Lipinski definition) is 3. The van der Waals surface area contributed by atoms with Gasteiger partial charge in [-0.3, -0.25) is 10.2 Å². The van der Waals surface area contributed by atoms with Crippen LogP contribution in [0.4, 0.5) is 0 Å². The summed E-state index contributed by atoms with van der Waals surface area (Å²) in [5.74, 6) is 5.31. The molecule has 0 spiro atoms. The van der Waals surface area contributed by atoms with Gasteiger partial charge < -0.3 is 0 Å². The van der Waals surface area contributed by atoms with Crippen molar-refractivity contribution in [1.82, 2.24) is 5.43 Å². The predicted octanol–water partition coefficient (Wildman–Crippen LogP) is 1.14. The van der Waals surface area contributed by atoms with Crippen LogP contribution in [-0.2, 0) is 4.79 Å². The molecular weight excluding hydrogens is 172 g/mol. The highest BCUT2D eigenvalue weighted by molar-refractivity contribution is 8.01. The fourth-order valence-electron chi connectivity index (χ4n) is 0.897. The minimum Gasteiger partial charge on any atom is -0.293 e. The van der Waals surface area contributed by atoms with Crippen molar-refractivity contribution in [2.24, 2.45) is 11.8 Å². The fourth-order valence-corrected chi connectivity index (χ4v) is 1.99. The van der Waals surface area contributed by atoms with E-state index in [1.54, 1.807) is 11.8 Å². The molecule has 0 aliphatic rings. The SMILES string of the molecule is CC(C)SC(C(=O)NN)C(C)C. The average Bonchev–Trinajstić information content (AvgIpc) is 1.98. The number of amides is 1. The number of carbonyl (C=O) groups excluding carboxylic acids is 1. The largest absolute Gasteiger partial charge is 0.293 e. The van der Waals surface area contributed by atoms with E-state index < -0.39 is 0 Å². The molecule has 0 aliphatic heterocycles. The van der Waals surface area contributed by atoms with E-state index in [2.05, 4.69) is 19.3 Å². The van der Waals surface area contributed by atoms with Gasteiger partial charge in [-0.25, -0.2) is 5.84 Å². The van der Waals surface area contributed by atoms with Crippen molar-refractivity contribution in [1.29, 1.82) is 0 Å². The highest BCUT2D eigenvalue weighted by atomic mass is 32.2. The minimum atomic E-state index is -0.0799. The lowest BCUT2D eigenvalue weighted by Gasteiger charge is -2.20. The van der Waals surface area contributed by atoms with Crippen LogP contribution in [0.25, 0.3) is 0 Å². The number of nitrogens with one attached hydrogen (secondary N) is 1. The summed E-state index contributed by atoms with van der Waals surface area (Å²) in [5.41, 5.74) is 2.19. The van der Waals surface area contributed by atoms with E-state index in [0.717, 1.165) is 0 Å². The zero-order valence-electron chi connectivity index (χ0n) is 8.13. The lowest BCUT2D eigenvalue weighted by molar-refractivity contribution is -0.121. The molecule has 0 fully saturated rings. The average molecular weight is 190 g/mol. The molecule has 0 heterocycles. The molecule has 0 aliphatic carbocycles. The fraction of sp³-hybridized carbons (Fsp3) is 0.875. The van der Waals surface area contributed by atoms with Crippen LogP contribution in [0.1, 0.15) is 27.7 Å². The third-order valence-electron chi connectivity index (χ3n) is 1.42. The van der Waals surface area contributed by atoms with Gasteiger partial charge in [0.15, 0.2) is 0 Å². The summed E-state index contributed by atoms with van der Waals surface area (Å²) in [6.45, 7) is 8.19. The maximum atomic E-state index is 11.2. The van der Waals surface area contributed by atoms with Gasteiger partial charge in [-0.1, -0.05) is 27.7 Å². The Morgan fingerprint density at radius 2 is 1.83 bits per heavy atom. The minimum absolute atomic E-state index is 0.0324. The van der Waals surface area contributed by atoms with Crippen molar-refractivity contribution in [3.8, 4) is 0 Å². The van der Waals surface area contributed by atoms with Gasteiger partial charge in [0.05, 0.1) is 5.25 Å². The Morgan fingerprint density at radius 3 is 2.08 bits per heavy atom. The summed E-state index contributed by atoms with van der Waals surface area (Å²) in [7, 11) is 0. The molecule has 0 aromatic heterocycles. The molecule has 12 heavy (non-hydrogen) atoms. The first kappa shape index (κ1) is 11.8. The van der Waals surface area contributed by atoms with E-state index in [1.807, 2.05) is 13.8 Å². The molecule has 1 atom stereocenters. The Balaban J connectivity index is 4.13. The molecule has 1 unspecified atom stereocenters. The van der Waals surface area contributed by atoms with Crippen LogP contribution in [0.3, 0.4) is 0 Å². The zero-order chi connectivity index (χ0) is 9.72. The number of thioether (sulfide) groups is 1.